The van der Waals surface area contributed by atoms with Crippen LogP contribution in [0.5, 0.6) is 0 Å². The largest absolute Gasteiger partial charge is 0.440 e. The summed E-state index contributed by atoms with van der Waals surface area (Å²) in [5.74, 6) is -1.56. The van der Waals surface area contributed by atoms with Crippen molar-refractivity contribution in [2.45, 2.75) is 6.18 Å². The number of halogens is 4. The smallest absolute Gasteiger partial charge is 0.258 e. The van der Waals surface area contributed by atoms with Crippen molar-refractivity contribution in [1.82, 2.24) is 4.98 Å². The van der Waals surface area contributed by atoms with E-state index < -0.39 is 28.3 Å². The Morgan fingerprint density at radius 3 is 2.36 bits per heavy atom. The Morgan fingerprint density at radius 1 is 1.43 bits per heavy atom. The van der Waals surface area contributed by atoms with Gasteiger partial charge in [-0.05, 0) is 6.07 Å². The van der Waals surface area contributed by atoms with Crippen LogP contribution < -0.4 is 0 Å². The molecule has 1 heterocycles. The van der Waals surface area contributed by atoms with Crippen molar-refractivity contribution < 1.29 is 22.5 Å². The van der Waals surface area contributed by atoms with Crippen LogP contribution in [-0.4, -0.2) is 9.91 Å². The molecule has 0 saturated heterocycles. The van der Waals surface area contributed by atoms with Crippen LogP contribution in [0, 0.1) is 15.9 Å². The molecule has 0 aliphatic carbocycles. The first kappa shape index (κ1) is 10.4. The second-order valence-corrected chi connectivity index (χ2v) is 2.24. The van der Waals surface area contributed by atoms with Crippen LogP contribution in [0.3, 0.4) is 0 Å². The first-order chi connectivity index (χ1) is 6.34. The van der Waals surface area contributed by atoms with Crippen LogP contribution >= 0.6 is 0 Å². The van der Waals surface area contributed by atoms with Crippen LogP contribution in [0.2, 0.25) is 0 Å². The predicted octanol–water partition coefficient (Wildman–Crippen LogP) is 2.15. The normalized spacial score (nSPS) is 11.4. The van der Waals surface area contributed by atoms with Crippen molar-refractivity contribution in [3.8, 4) is 0 Å². The van der Waals surface area contributed by atoms with E-state index in [0.717, 1.165) is 0 Å². The number of alkyl halides is 3. The van der Waals surface area contributed by atoms with Gasteiger partial charge in [0.25, 0.3) is 0 Å². The molecule has 8 heteroatoms. The highest BCUT2D eigenvalue weighted by molar-refractivity contribution is 5.37. The van der Waals surface area contributed by atoms with Crippen molar-refractivity contribution in [2.24, 2.45) is 0 Å². The minimum absolute atomic E-state index is 0.493. The Kier molecular flexibility index (Phi) is 2.37. The highest BCUT2D eigenvalue weighted by atomic mass is 19.4. The molecule has 0 amide bonds. The number of hydrogen-bond acceptors (Lipinski definition) is 3. The summed E-state index contributed by atoms with van der Waals surface area (Å²) in [5.41, 5.74) is -3.48. The summed E-state index contributed by atoms with van der Waals surface area (Å²) in [6, 6.07) is 0.493. The van der Waals surface area contributed by atoms with Gasteiger partial charge in [0.05, 0.1) is 4.92 Å². The molecule has 1 rings (SSSR count). The van der Waals surface area contributed by atoms with Crippen molar-refractivity contribution in [3.63, 3.8) is 0 Å². The van der Waals surface area contributed by atoms with Crippen molar-refractivity contribution in [2.75, 3.05) is 0 Å². The average Bonchev–Trinajstić information content (AvgIpc) is 2.01. The first-order valence-corrected chi connectivity index (χ1v) is 3.20. The molecule has 0 aliphatic heterocycles. The van der Waals surface area contributed by atoms with Gasteiger partial charge in [0.1, 0.15) is 0 Å². The highest BCUT2D eigenvalue weighted by Crippen LogP contribution is 2.35. The molecular weight excluding hydrogens is 208 g/mol. The Bertz CT molecular complexity index is 377. The van der Waals surface area contributed by atoms with E-state index in [2.05, 4.69) is 4.98 Å². The fourth-order valence-electron chi connectivity index (χ4n) is 0.812. The van der Waals surface area contributed by atoms with E-state index in [9.17, 15) is 27.7 Å². The lowest BCUT2D eigenvalue weighted by molar-refractivity contribution is -0.391. The second kappa shape index (κ2) is 3.20. The standard InChI is InChI=1S/C6H2F4N2O2/c7-3-1-2-11-5(6(8,9)10)4(3)12(13)14/h1-2H. The van der Waals surface area contributed by atoms with Crippen LogP contribution in [0.4, 0.5) is 23.2 Å². The van der Waals surface area contributed by atoms with E-state index in [1.54, 1.807) is 0 Å². The van der Waals surface area contributed by atoms with Gasteiger partial charge >= 0.3 is 11.9 Å². The summed E-state index contributed by atoms with van der Waals surface area (Å²) >= 11 is 0. The zero-order valence-electron chi connectivity index (χ0n) is 6.38. The zero-order chi connectivity index (χ0) is 10.9. The quantitative estimate of drug-likeness (QED) is 0.405. The topological polar surface area (TPSA) is 56.0 Å². The minimum Gasteiger partial charge on any atom is -0.258 e. The number of hydrogen-bond donors (Lipinski definition) is 0. The molecule has 0 N–H and O–H groups in total. The fraction of sp³-hybridized carbons (Fsp3) is 0.167. The lowest BCUT2D eigenvalue weighted by Gasteiger charge is -2.05. The molecule has 1 aromatic heterocycles. The summed E-state index contributed by atoms with van der Waals surface area (Å²) in [7, 11) is 0. The van der Waals surface area contributed by atoms with Crippen molar-refractivity contribution in [1.29, 1.82) is 0 Å². The Balaban J connectivity index is 3.44. The van der Waals surface area contributed by atoms with Gasteiger partial charge < -0.3 is 0 Å². The Morgan fingerprint density at radius 2 is 2.00 bits per heavy atom. The molecule has 0 radical (unpaired) electrons. The number of pyridine rings is 1. The van der Waals surface area contributed by atoms with Crippen LogP contribution in [0.25, 0.3) is 0 Å². The summed E-state index contributed by atoms with van der Waals surface area (Å²) in [5, 5.41) is 10.1. The van der Waals surface area contributed by atoms with Gasteiger partial charge in [0.15, 0.2) is 0 Å². The third kappa shape index (κ3) is 1.78. The first-order valence-electron chi connectivity index (χ1n) is 3.20. The van der Waals surface area contributed by atoms with Crippen LogP contribution in [-0.2, 0) is 6.18 Å². The maximum absolute atomic E-state index is 12.6. The SMILES string of the molecule is O=[N+]([O-])c1c(F)ccnc1C(F)(F)F. The number of nitrogens with zero attached hydrogens (tertiary/aromatic N) is 2. The van der Waals surface area contributed by atoms with Gasteiger partial charge in [-0.2, -0.15) is 17.6 Å². The molecule has 0 saturated carbocycles. The molecule has 1 aromatic rings. The summed E-state index contributed by atoms with van der Waals surface area (Å²) in [4.78, 5) is 11.4. The Hall–Kier alpha value is -1.73. The molecule has 4 nitrogen and oxygen atoms in total. The van der Waals surface area contributed by atoms with E-state index in [1.807, 2.05) is 0 Å². The van der Waals surface area contributed by atoms with Crippen molar-refractivity contribution in [3.05, 3.63) is 33.9 Å². The molecule has 0 spiro atoms. The van der Waals surface area contributed by atoms with Crippen LogP contribution in [0.1, 0.15) is 5.69 Å². The fourth-order valence-corrected chi connectivity index (χ4v) is 0.812. The molecule has 0 aromatic carbocycles. The molecule has 0 atom stereocenters. The number of rotatable bonds is 1. The number of nitro groups is 1. The van der Waals surface area contributed by atoms with Gasteiger partial charge in [-0.3, -0.25) is 10.1 Å². The Labute approximate surface area is 74.3 Å². The molecular formula is C6H2F4N2O2. The molecule has 14 heavy (non-hydrogen) atoms. The maximum Gasteiger partial charge on any atom is 0.440 e. The van der Waals surface area contributed by atoms with E-state index in [-0.39, 0.29) is 0 Å². The predicted molar refractivity (Wildman–Crippen MR) is 35.9 cm³/mol. The van der Waals surface area contributed by atoms with Gasteiger partial charge in [0.2, 0.25) is 11.5 Å². The van der Waals surface area contributed by atoms with Crippen molar-refractivity contribution >= 4 is 5.69 Å². The van der Waals surface area contributed by atoms with E-state index in [0.29, 0.717) is 12.3 Å². The summed E-state index contributed by atoms with van der Waals surface area (Å²) < 4.78 is 48.8. The highest BCUT2D eigenvalue weighted by Gasteiger charge is 2.42. The lowest BCUT2D eigenvalue weighted by Crippen LogP contribution is -2.12. The molecule has 0 aliphatic rings. The zero-order valence-corrected chi connectivity index (χ0v) is 6.38. The summed E-state index contributed by atoms with van der Waals surface area (Å²) in [6.45, 7) is 0. The lowest BCUT2D eigenvalue weighted by atomic mass is 10.3. The van der Waals surface area contributed by atoms with E-state index in [4.69, 9.17) is 0 Å². The van der Waals surface area contributed by atoms with Gasteiger partial charge in [-0.1, -0.05) is 0 Å². The maximum atomic E-state index is 12.6. The molecule has 76 valence electrons. The average molecular weight is 210 g/mol. The van der Waals surface area contributed by atoms with E-state index >= 15 is 0 Å². The van der Waals surface area contributed by atoms with Gasteiger partial charge in [-0.15, -0.1) is 0 Å². The third-order valence-electron chi connectivity index (χ3n) is 1.33. The van der Waals surface area contributed by atoms with Gasteiger partial charge in [-0.25, -0.2) is 4.98 Å². The molecule has 0 fully saturated rings. The second-order valence-electron chi connectivity index (χ2n) is 2.24. The third-order valence-corrected chi connectivity index (χ3v) is 1.33. The minimum atomic E-state index is -5.04. The molecule has 0 bridgehead atoms. The summed E-state index contributed by atoms with van der Waals surface area (Å²) in [6.07, 6.45) is -4.52. The molecule has 0 unspecified atom stereocenters. The monoisotopic (exact) mass is 210 g/mol. The number of aromatic nitrogens is 1. The van der Waals surface area contributed by atoms with E-state index in [1.165, 1.54) is 0 Å². The van der Waals surface area contributed by atoms with Gasteiger partial charge in [0, 0.05) is 6.20 Å². The van der Waals surface area contributed by atoms with Crippen LogP contribution in [0.15, 0.2) is 12.3 Å².